The maximum Gasteiger partial charge on any atom is 0.460 e. The molecule has 0 heterocycles. The largest absolute Gasteiger partial charge is 0.460 e. The Hall–Kier alpha value is -2.14. The molecule has 1 amide bonds. The third-order valence-corrected chi connectivity index (χ3v) is 4.48. The molecule has 1 aromatic rings. The average Bonchev–Trinajstić information content (AvgIpc) is 2.64. The molecule has 0 unspecified atom stereocenters. The first-order valence-corrected chi connectivity index (χ1v) is 10.0. The molecule has 33 heavy (non-hydrogen) atoms. The quantitative estimate of drug-likeness (QED) is 0.338. The van der Waals surface area contributed by atoms with Crippen LogP contribution in [0.4, 0.5) is 44.3 Å². The molecule has 190 valence electrons. The molecule has 0 bridgehead atoms. The van der Waals surface area contributed by atoms with E-state index in [4.69, 9.17) is 4.74 Å². The van der Waals surface area contributed by atoms with E-state index in [2.05, 4.69) is 0 Å². The van der Waals surface area contributed by atoms with Crippen LogP contribution in [-0.4, -0.2) is 47.1 Å². The molecule has 3 nitrogen and oxygen atoms in total. The lowest BCUT2D eigenvalue weighted by molar-refractivity contribution is -0.396. The minimum absolute atomic E-state index is 0.0175. The second kappa shape index (κ2) is 10.0. The fourth-order valence-corrected chi connectivity index (χ4v) is 2.73. The van der Waals surface area contributed by atoms with Gasteiger partial charge < -0.3 is 9.64 Å². The van der Waals surface area contributed by atoms with Crippen LogP contribution >= 0.6 is 0 Å². The molecule has 0 saturated carbocycles. The second-order valence-electron chi connectivity index (χ2n) is 8.57. The van der Waals surface area contributed by atoms with Gasteiger partial charge in [0.1, 0.15) is 5.60 Å². The summed E-state index contributed by atoms with van der Waals surface area (Å²) in [5.41, 5.74) is -0.175. The first kappa shape index (κ1) is 28.9. The number of rotatable bonds is 9. The van der Waals surface area contributed by atoms with Crippen LogP contribution in [0.1, 0.15) is 51.7 Å². The third-order valence-electron chi connectivity index (χ3n) is 4.48. The van der Waals surface area contributed by atoms with Crippen LogP contribution in [-0.2, 0) is 17.7 Å². The summed E-state index contributed by atoms with van der Waals surface area (Å²) in [5, 5.41) is 0. The standard InChI is InChI=1S/C21H26F9NO2/c1-5-12-31(16(32)33-17(2,3)4)13-15-8-6-14(7-9-15)10-11-18(22,23)19(24,25)20(26,27)21(28,29)30/h6-9H,5,10-13H2,1-4H3. The molecule has 0 saturated heterocycles. The van der Waals surface area contributed by atoms with Crippen molar-refractivity contribution in [1.82, 2.24) is 4.90 Å². The van der Waals surface area contributed by atoms with Gasteiger partial charge in [-0.1, -0.05) is 31.2 Å². The molecule has 0 aliphatic carbocycles. The lowest BCUT2D eigenvalue weighted by Crippen LogP contribution is -2.60. The fourth-order valence-electron chi connectivity index (χ4n) is 2.73. The van der Waals surface area contributed by atoms with Crippen molar-refractivity contribution in [3.8, 4) is 0 Å². The van der Waals surface area contributed by atoms with E-state index >= 15 is 0 Å². The van der Waals surface area contributed by atoms with Crippen molar-refractivity contribution in [3.63, 3.8) is 0 Å². The second-order valence-corrected chi connectivity index (χ2v) is 8.57. The Balaban J connectivity index is 2.88. The molecule has 1 aromatic carbocycles. The van der Waals surface area contributed by atoms with Crippen molar-refractivity contribution in [3.05, 3.63) is 35.4 Å². The molecule has 0 aliphatic heterocycles. The number of aryl methyl sites for hydroxylation is 1. The average molecular weight is 495 g/mol. The van der Waals surface area contributed by atoms with E-state index in [1.807, 2.05) is 6.92 Å². The molecular formula is C21H26F9NO2. The molecule has 0 radical (unpaired) electrons. The smallest absolute Gasteiger partial charge is 0.444 e. The highest BCUT2D eigenvalue weighted by Crippen LogP contribution is 2.54. The van der Waals surface area contributed by atoms with Gasteiger partial charge in [0, 0.05) is 19.5 Å². The Morgan fingerprint density at radius 2 is 1.33 bits per heavy atom. The van der Waals surface area contributed by atoms with Gasteiger partial charge in [0.25, 0.3) is 0 Å². The zero-order valence-corrected chi connectivity index (χ0v) is 18.5. The Bertz CT molecular complexity index is 784. The van der Waals surface area contributed by atoms with Gasteiger partial charge in [0.15, 0.2) is 0 Å². The number of ether oxygens (including phenoxy) is 1. The topological polar surface area (TPSA) is 29.5 Å². The summed E-state index contributed by atoms with van der Waals surface area (Å²) in [5.74, 6) is -19.1. The Morgan fingerprint density at radius 3 is 1.76 bits per heavy atom. The van der Waals surface area contributed by atoms with Crippen molar-refractivity contribution in [1.29, 1.82) is 0 Å². The molecule has 12 heteroatoms. The Labute approximate surface area is 185 Å². The van der Waals surface area contributed by atoms with Crippen LogP contribution in [0.15, 0.2) is 24.3 Å². The predicted octanol–water partition coefficient (Wildman–Crippen LogP) is 7.23. The maximum atomic E-state index is 13.7. The van der Waals surface area contributed by atoms with Gasteiger partial charge in [-0.15, -0.1) is 0 Å². The van der Waals surface area contributed by atoms with Crippen molar-refractivity contribution in [2.24, 2.45) is 0 Å². The van der Waals surface area contributed by atoms with Crippen molar-refractivity contribution in [2.45, 2.75) is 83.0 Å². The van der Waals surface area contributed by atoms with Gasteiger partial charge in [-0.3, -0.25) is 0 Å². The lowest BCUT2D eigenvalue weighted by Gasteiger charge is -2.33. The molecular weight excluding hydrogens is 469 g/mol. The van der Waals surface area contributed by atoms with Crippen LogP contribution < -0.4 is 0 Å². The molecule has 0 fully saturated rings. The van der Waals surface area contributed by atoms with Crippen molar-refractivity contribution >= 4 is 6.09 Å². The van der Waals surface area contributed by atoms with Crippen LogP contribution in [0.3, 0.4) is 0 Å². The monoisotopic (exact) mass is 495 g/mol. The summed E-state index contributed by atoms with van der Waals surface area (Å²) < 4.78 is 122. The zero-order chi connectivity index (χ0) is 25.9. The predicted molar refractivity (Wildman–Crippen MR) is 103 cm³/mol. The van der Waals surface area contributed by atoms with Crippen LogP contribution in [0.25, 0.3) is 0 Å². The fraction of sp³-hybridized carbons (Fsp3) is 0.667. The zero-order valence-electron chi connectivity index (χ0n) is 18.5. The molecule has 0 aliphatic rings. The van der Waals surface area contributed by atoms with Gasteiger partial charge in [-0.05, 0) is 44.7 Å². The Kier molecular flexibility index (Phi) is 8.76. The van der Waals surface area contributed by atoms with Crippen molar-refractivity contribution < 1.29 is 49.0 Å². The minimum atomic E-state index is -6.89. The van der Waals surface area contributed by atoms with E-state index < -0.39 is 48.5 Å². The molecule has 1 rings (SSSR count). The number of carbonyl (C=O) groups is 1. The summed E-state index contributed by atoms with van der Waals surface area (Å²) >= 11 is 0. The van der Waals surface area contributed by atoms with Crippen LogP contribution in [0.5, 0.6) is 0 Å². The van der Waals surface area contributed by atoms with Gasteiger partial charge in [0.05, 0.1) is 0 Å². The number of amides is 1. The number of nitrogens with zero attached hydrogens (tertiary/aromatic N) is 1. The summed E-state index contributed by atoms with van der Waals surface area (Å²) in [7, 11) is 0. The van der Waals surface area contributed by atoms with Gasteiger partial charge >= 0.3 is 30.0 Å². The van der Waals surface area contributed by atoms with E-state index in [0.29, 0.717) is 18.5 Å². The first-order chi connectivity index (χ1) is 14.7. The summed E-state index contributed by atoms with van der Waals surface area (Å²) in [6.07, 6.45) is -9.60. The lowest BCUT2D eigenvalue weighted by atomic mass is 9.97. The van der Waals surface area contributed by atoms with Gasteiger partial charge in [0.2, 0.25) is 0 Å². The van der Waals surface area contributed by atoms with E-state index in [1.165, 1.54) is 29.2 Å². The number of halogens is 9. The Morgan fingerprint density at radius 1 is 0.848 bits per heavy atom. The normalized spacial score (nSPS) is 13.7. The highest BCUT2D eigenvalue weighted by atomic mass is 19.4. The van der Waals surface area contributed by atoms with Crippen LogP contribution in [0, 0.1) is 0 Å². The van der Waals surface area contributed by atoms with E-state index in [9.17, 15) is 44.3 Å². The van der Waals surface area contributed by atoms with Crippen molar-refractivity contribution in [2.75, 3.05) is 6.54 Å². The number of carbonyl (C=O) groups excluding carboxylic acids is 1. The highest BCUT2D eigenvalue weighted by Gasteiger charge is 2.81. The molecule has 0 spiro atoms. The van der Waals surface area contributed by atoms with Crippen LogP contribution in [0.2, 0.25) is 0 Å². The summed E-state index contributed by atoms with van der Waals surface area (Å²) in [6.45, 7) is 7.34. The summed E-state index contributed by atoms with van der Waals surface area (Å²) in [6, 6.07) is 5.29. The first-order valence-electron chi connectivity index (χ1n) is 10.0. The van der Waals surface area contributed by atoms with E-state index in [-0.39, 0.29) is 12.1 Å². The van der Waals surface area contributed by atoms with Gasteiger partial charge in [-0.2, -0.15) is 39.5 Å². The highest BCUT2D eigenvalue weighted by molar-refractivity contribution is 5.68. The van der Waals surface area contributed by atoms with Gasteiger partial charge in [-0.25, -0.2) is 4.79 Å². The number of hydrogen-bond donors (Lipinski definition) is 0. The molecule has 0 atom stereocenters. The number of benzene rings is 1. The number of hydrogen-bond acceptors (Lipinski definition) is 2. The number of alkyl halides is 9. The summed E-state index contributed by atoms with van der Waals surface area (Å²) in [4.78, 5) is 13.7. The SMILES string of the molecule is CCCN(Cc1ccc(CCC(F)(F)C(F)(F)C(F)(F)C(F)(F)F)cc1)C(=O)OC(C)(C)C. The van der Waals surface area contributed by atoms with E-state index in [0.717, 1.165) is 0 Å². The molecule has 0 aromatic heterocycles. The molecule has 0 N–H and O–H groups in total. The van der Waals surface area contributed by atoms with E-state index in [1.54, 1.807) is 20.8 Å². The third kappa shape index (κ3) is 7.17. The maximum absolute atomic E-state index is 13.7. The minimum Gasteiger partial charge on any atom is -0.444 e.